The second kappa shape index (κ2) is 8.29. The van der Waals surface area contributed by atoms with Gasteiger partial charge in [0.05, 0.1) is 20.6 Å². The van der Waals surface area contributed by atoms with E-state index in [9.17, 15) is 13.5 Å². The minimum atomic E-state index is -3.93. The Morgan fingerprint density at radius 2 is 1.93 bits per heavy atom. The first kappa shape index (κ1) is 20.9. The summed E-state index contributed by atoms with van der Waals surface area (Å²) in [5, 5.41) is 11.4. The summed E-state index contributed by atoms with van der Waals surface area (Å²) in [5.74, 6) is 0.0377. The molecule has 0 aliphatic heterocycles. The average molecular weight is 418 g/mol. The van der Waals surface area contributed by atoms with Gasteiger partial charge in [0, 0.05) is 13.0 Å². The zero-order valence-corrected chi connectivity index (χ0v) is 17.7. The van der Waals surface area contributed by atoms with Crippen LogP contribution in [-0.4, -0.2) is 35.1 Å². The molecule has 149 valence electrons. The zero-order chi connectivity index (χ0) is 20.4. The van der Waals surface area contributed by atoms with Crippen molar-refractivity contribution in [3.05, 3.63) is 66.5 Å². The van der Waals surface area contributed by atoms with E-state index in [1.54, 1.807) is 23.7 Å². The molecule has 1 N–H and O–H groups in total. The lowest BCUT2D eigenvalue weighted by Gasteiger charge is -2.39. The monoisotopic (exact) mass is 417 g/mol. The van der Waals surface area contributed by atoms with Crippen LogP contribution in [-0.2, 0) is 16.4 Å². The maximum atomic E-state index is 13.6. The van der Waals surface area contributed by atoms with Crippen LogP contribution in [0.3, 0.4) is 0 Å². The maximum absolute atomic E-state index is 13.6. The fourth-order valence-electron chi connectivity index (χ4n) is 3.17. The Kier molecular flexibility index (Phi) is 6.19. The predicted molar refractivity (Wildman–Crippen MR) is 113 cm³/mol. The Labute approximate surface area is 170 Å². The van der Waals surface area contributed by atoms with E-state index in [0.717, 1.165) is 15.8 Å². The van der Waals surface area contributed by atoms with E-state index in [4.69, 9.17) is 0 Å². The summed E-state index contributed by atoms with van der Waals surface area (Å²) in [4.78, 5) is 4.36. The highest BCUT2D eigenvalue weighted by Gasteiger charge is 2.42. The number of sulfonamides is 1. The molecule has 0 amide bonds. The maximum Gasteiger partial charge on any atom is 0.245 e. The first-order valence-electron chi connectivity index (χ1n) is 9.18. The summed E-state index contributed by atoms with van der Waals surface area (Å²) in [5.41, 5.74) is 1.69. The Hall–Kier alpha value is -1.80. The van der Waals surface area contributed by atoms with E-state index in [1.165, 1.54) is 15.6 Å². The molecular weight excluding hydrogens is 392 g/mol. The summed E-state index contributed by atoms with van der Waals surface area (Å²) in [6, 6.07) is 14.3. The highest BCUT2D eigenvalue weighted by molar-refractivity contribution is 7.89. The number of hydrogen-bond acceptors (Lipinski definition) is 5. The van der Waals surface area contributed by atoms with Gasteiger partial charge in [0.15, 0.2) is 0 Å². The fraction of sp³-hybridized carbons (Fsp3) is 0.333. The van der Waals surface area contributed by atoms with Gasteiger partial charge in [0.2, 0.25) is 10.0 Å². The summed E-state index contributed by atoms with van der Waals surface area (Å²) in [6.45, 7) is 7.93. The van der Waals surface area contributed by atoms with Crippen molar-refractivity contribution in [2.45, 2.75) is 37.3 Å². The molecular formula is C21H25N2O3S2. The van der Waals surface area contributed by atoms with Crippen LogP contribution in [0.15, 0.2) is 58.9 Å². The van der Waals surface area contributed by atoms with Crippen LogP contribution in [0.2, 0.25) is 0 Å². The van der Waals surface area contributed by atoms with Crippen molar-refractivity contribution in [2.75, 3.05) is 6.54 Å². The van der Waals surface area contributed by atoms with Crippen molar-refractivity contribution < 1.29 is 13.5 Å². The van der Waals surface area contributed by atoms with Gasteiger partial charge in [0.1, 0.15) is 5.72 Å². The molecule has 28 heavy (non-hydrogen) atoms. The van der Waals surface area contributed by atoms with Crippen molar-refractivity contribution >= 4 is 31.6 Å². The largest absolute Gasteiger partial charge is 0.374 e. The van der Waals surface area contributed by atoms with Crippen molar-refractivity contribution in [3.8, 4) is 0 Å². The third-order valence-electron chi connectivity index (χ3n) is 4.62. The molecule has 0 spiro atoms. The van der Waals surface area contributed by atoms with Crippen LogP contribution in [0.25, 0.3) is 10.2 Å². The Balaban J connectivity index is 2.05. The molecule has 7 heteroatoms. The molecule has 0 saturated carbocycles. The lowest BCUT2D eigenvalue weighted by atomic mass is 9.99. The minimum Gasteiger partial charge on any atom is -0.374 e. The van der Waals surface area contributed by atoms with Gasteiger partial charge in [-0.25, -0.2) is 13.4 Å². The number of nitrogens with zero attached hydrogens (tertiary/aromatic N) is 2. The zero-order valence-electron chi connectivity index (χ0n) is 16.1. The Bertz CT molecular complexity index is 1030. The molecule has 2 aromatic carbocycles. The lowest BCUT2D eigenvalue weighted by molar-refractivity contribution is -0.0624. The molecule has 0 bridgehead atoms. The van der Waals surface area contributed by atoms with E-state index in [0.29, 0.717) is 0 Å². The molecule has 1 unspecified atom stereocenters. The highest BCUT2D eigenvalue weighted by Crippen LogP contribution is 2.31. The predicted octanol–water partition coefficient (Wildman–Crippen LogP) is 4.10. The standard InChI is InChI=1S/C21H25N2O3S2/c1-4-21(24,13-17-8-6-5-7-9-17)23(14-16(2)3)28(25,26)18-10-11-19-20(12-18)27-15-22-19/h5-12,15-16,24H,1,4,13-14H2,2-3H3. The normalized spacial score (nSPS) is 14.6. The third kappa shape index (κ3) is 4.27. The molecule has 3 aromatic rings. The molecule has 1 radical (unpaired) electrons. The summed E-state index contributed by atoms with van der Waals surface area (Å²) in [6.07, 6.45) is 0.211. The fourth-order valence-corrected chi connectivity index (χ4v) is 5.82. The van der Waals surface area contributed by atoms with Gasteiger partial charge in [-0.05, 0) is 43.0 Å². The second-order valence-electron chi connectivity index (χ2n) is 7.31. The van der Waals surface area contributed by atoms with Crippen molar-refractivity contribution in [3.63, 3.8) is 0 Å². The van der Waals surface area contributed by atoms with Crippen LogP contribution >= 0.6 is 11.3 Å². The van der Waals surface area contributed by atoms with Gasteiger partial charge in [-0.2, -0.15) is 4.31 Å². The smallest absolute Gasteiger partial charge is 0.245 e. The van der Waals surface area contributed by atoms with E-state index < -0.39 is 15.7 Å². The van der Waals surface area contributed by atoms with Gasteiger partial charge < -0.3 is 5.11 Å². The number of rotatable bonds is 8. The summed E-state index contributed by atoms with van der Waals surface area (Å²) >= 11 is 1.39. The Morgan fingerprint density at radius 1 is 1.21 bits per heavy atom. The topological polar surface area (TPSA) is 70.5 Å². The van der Waals surface area contributed by atoms with Gasteiger partial charge in [-0.1, -0.05) is 44.2 Å². The SMILES string of the molecule is [CH2]CC(O)(Cc1ccccc1)N(CC(C)C)S(=O)(=O)c1ccc2ncsc2c1. The molecule has 1 aromatic heterocycles. The summed E-state index contributed by atoms with van der Waals surface area (Å²) < 4.78 is 29.1. The molecule has 0 saturated heterocycles. The van der Waals surface area contributed by atoms with E-state index in [-0.39, 0.29) is 30.2 Å². The van der Waals surface area contributed by atoms with Crippen molar-refractivity contribution in [1.29, 1.82) is 0 Å². The van der Waals surface area contributed by atoms with Crippen molar-refractivity contribution in [2.24, 2.45) is 5.92 Å². The van der Waals surface area contributed by atoms with Gasteiger partial charge in [0.25, 0.3) is 0 Å². The molecule has 1 heterocycles. The number of aliphatic hydroxyl groups is 1. The molecule has 0 aliphatic carbocycles. The van der Waals surface area contributed by atoms with Gasteiger partial charge in [-0.3, -0.25) is 0 Å². The second-order valence-corrected chi connectivity index (χ2v) is 10.1. The number of fused-ring (bicyclic) bond motifs is 1. The first-order chi connectivity index (χ1) is 13.3. The van der Waals surface area contributed by atoms with Crippen molar-refractivity contribution in [1.82, 2.24) is 9.29 Å². The van der Waals surface area contributed by atoms with E-state index in [1.807, 2.05) is 44.2 Å². The van der Waals surface area contributed by atoms with Crippen LogP contribution in [0.4, 0.5) is 0 Å². The van der Waals surface area contributed by atoms with E-state index in [2.05, 4.69) is 11.9 Å². The summed E-state index contributed by atoms with van der Waals surface area (Å²) in [7, 11) is -3.93. The number of thiazole rings is 1. The average Bonchev–Trinajstić information content (AvgIpc) is 3.14. The molecule has 1 atom stereocenters. The molecule has 5 nitrogen and oxygen atoms in total. The quantitative estimate of drug-likeness (QED) is 0.560. The number of benzene rings is 2. The third-order valence-corrected chi connectivity index (χ3v) is 7.33. The number of hydrogen-bond donors (Lipinski definition) is 1. The van der Waals surface area contributed by atoms with Gasteiger partial charge >= 0.3 is 0 Å². The van der Waals surface area contributed by atoms with Crippen LogP contribution in [0.1, 0.15) is 25.8 Å². The Morgan fingerprint density at radius 3 is 2.57 bits per heavy atom. The lowest BCUT2D eigenvalue weighted by Crippen LogP contribution is -2.54. The molecule has 3 rings (SSSR count). The highest BCUT2D eigenvalue weighted by atomic mass is 32.2. The van der Waals surface area contributed by atoms with Crippen LogP contribution in [0.5, 0.6) is 0 Å². The van der Waals surface area contributed by atoms with Crippen LogP contribution in [0, 0.1) is 12.8 Å². The molecule has 0 fully saturated rings. The van der Waals surface area contributed by atoms with Crippen LogP contribution < -0.4 is 0 Å². The first-order valence-corrected chi connectivity index (χ1v) is 11.5. The number of aromatic nitrogens is 1. The van der Waals surface area contributed by atoms with Gasteiger partial charge in [-0.15, -0.1) is 11.3 Å². The minimum absolute atomic E-state index is 0.0377. The van der Waals surface area contributed by atoms with E-state index >= 15 is 0 Å². The molecule has 0 aliphatic rings.